The molecular weight excluding hydrogens is 394 g/mol. The maximum Gasteiger partial charge on any atom is 0.234 e. The number of rotatable bonds is 5. The lowest BCUT2D eigenvalue weighted by Gasteiger charge is -2.37. The molecule has 0 aromatic heterocycles. The van der Waals surface area contributed by atoms with Gasteiger partial charge in [0.1, 0.15) is 0 Å². The van der Waals surface area contributed by atoms with E-state index in [9.17, 15) is 14.4 Å². The highest BCUT2D eigenvalue weighted by molar-refractivity contribution is 6.00. The van der Waals surface area contributed by atoms with Gasteiger partial charge in [-0.05, 0) is 37.0 Å². The molecule has 168 valence electrons. The number of anilines is 1. The van der Waals surface area contributed by atoms with E-state index in [4.69, 9.17) is 5.73 Å². The molecule has 0 spiro atoms. The molecule has 0 aliphatic carbocycles. The number of nitrogens with zero attached hydrogens (tertiary/aromatic N) is 3. The van der Waals surface area contributed by atoms with Gasteiger partial charge in [-0.25, -0.2) is 0 Å². The van der Waals surface area contributed by atoms with Crippen molar-refractivity contribution in [3.8, 4) is 0 Å². The number of imide groups is 1. The van der Waals surface area contributed by atoms with Gasteiger partial charge in [0, 0.05) is 70.4 Å². The Kier molecular flexibility index (Phi) is 6.87. The average molecular weight is 428 g/mol. The molecule has 3 saturated heterocycles. The number of piperidine rings is 2. The number of piperazine rings is 1. The molecule has 31 heavy (non-hydrogen) atoms. The Morgan fingerprint density at radius 3 is 2.29 bits per heavy atom. The third kappa shape index (κ3) is 5.43. The molecule has 3 heterocycles. The van der Waals surface area contributed by atoms with Gasteiger partial charge in [0.25, 0.3) is 0 Å². The summed E-state index contributed by atoms with van der Waals surface area (Å²) in [6, 6.07) is 8.39. The molecule has 8 nitrogen and oxygen atoms in total. The number of nitrogens with two attached hydrogens (primary N) is 1. The lowest BCUT2D eigenvalue weighted by atomic mass is 9.90. The van der Waals surface area contributed by atoms with Crippen LogP contribution < -0.4 is 16.0 Å². The Morgan fingerprint density at radius 2 is 1.65 bits per heavy atom. The molecule has 3 aliphatic rings. The normalized spacial score (nSPS) is 23.7. The number of likely N-dealkylation sites (tertiary alicyclic amines) is 1. The summed E-state index contributed by atoms with van der Waals surface area (Å²) in [5.74, 6) is -0.368. The van der Waals surface area contributed by atoms with Crippen LogP contribution in [0.15, 0.2) is 24.3 Å². The molecular formula is C23H33N5O3. The lowest BCUT2D eigenvalue weighted by Crippen LogP contribution is -2.48. The first-order chi connectivity index (χ1) is 15.0. The van der Waals surface area contributed by atoms with Crippen molar-refractivity contribution in [1.82, 2.24) is 15.1 Å². The van der Waals surface area contributed by atoms with Gasteiger partial charge >= 0.3 is 0 Å². The summed E-state index contributed by atoms with van der Waals surface area (Å²) in [6.45, 7) is 6.12. The summed E-state index contributed by atoms with van der Waals surface area (Å²) < 4.78 is 0. The zero-order chi connectivity index (χ0) is 21.8. The SMILES string of the molecule is NC1CCN(C(=O)CCN2CCN(c3ccc(C4CCC(=O)NC4=O)cc3)CC2)CC1. The standard InChI is InChI=1S/C23H33N5O3/c24-18-7-11-28(12-8-18)22(30)9-10-26-13-15-27(16-14-26)19-3-1-17(2-4-19)20-5-6-21(29)25-23(20)31/h1-4,18,20H,5-16,24H2,(H,25,29,31). The number of hydrogen-bond donors (Lipinski definition) is 2. The van der Waals surface area contributed by atoms with Crippen LogP contribution in [0.2, 0.25) is 0 Å². The van der Waals surface area contributed by atoms with E-state index >= 15 is 0 Å². The highest BCUT2D eigenvalue weighted by Crippen LogP contribution is 2.27. The Labute approximate surface area is 183 Å². The van der Waals surface area contributed by atoms with Crippen LogP contribution in [0, 0.1) is 0 Å². The number of amides is 3. The van der Waals surface area contributed by atoms with E-state index < -0.39 is 0 Å². The van der Waals surface area contributed by atoms with Crippen molar-refractivity contribution in [2.75, 3.05) is 50.7 Å². The second-order valence-corrected chi connectivity index (χ2v) is 8.89. The summed E-state index contributed by atoms with van der Waals surface area (Å²) in [4.78, 5) is 42.5. The van der Waals surface area contributed by atoms with Gasteiger partial charge in [-0.2, -0.15) is 0 Å². The summed E-state index contributed by atoms with van der Waals surface area (Å²) in [5.41, 5.74) is 8.04. The van der Waals surface area contributed by atoms with Gasteiger partial charge in [0.2, 0.25) is 17.7 Å². The molecule has 4 rings (SSSR count). The molecule has 0 radical (unpaired) electrons. The maximum absolute atomic E-state index is 12.4. The van der Waals surface area contributed by atoms with Crippen LogP contribution in [0.3, 0.4) is 0 Å². The van der Waals surface area contributed by atoms with Crippen molar-refractivity contribution in [1.29, 1.82) is 0 Å². The first-order valence-corrected chi connectivity index (χ1v) is 11.4. The first kappa shape index (κ1) is 21.8. The van der Waals surface area contributed by atoms with Crippen LogP contribution in [-0.4, -0.2) is 79.4 Å². The quantitative estimate of drug-likeness (QED) is 0.670. The molecule has 3 N–H and O–H groups in total. The van der Waals surface area contributed by atoms with Crippen molar-refractivity contribution in [3.63, 3.8) is 0 Å². The van der Waals surface area contributed by atoms with E-state index in [-0.39, 0.29) is 29.7 Å². The zero-order valence-corrected chi connectivity index (χ0v) is 18.1. The third-order valence-corrected chi connectivity index (χ3v) is 6.81. The largest absolute Gasteiger partial charge is 0.369 e. The first-order valence-electron chi connectivity index (χ1n) is 11.4. The van der Waals surface area contributed by atoms with E-state index in [2.05, 4.69) is 27.2 Å². The van der Waals surface area contributed by atoms with Crippen molar-refractivity contribution in [2.45, 2.75) is 44.1 Å². The summed E-state index contributed by atoms with van der Waals surface area (Å²) >= 11 is 0. The minimum Gasteiger partial charge on any atom is -0.369 e. The predicted molar refractivity (Wildman–Crippen MR) is 119 cm³/mol. The van der Waals surface area contributed by atoms with Crippen LogP contribution in [-0.2, 0) is 14.4 Å². The minimum atomic E-state index is -0.239. The molecule has 3 amide bonds. The highest BCUT2D eigenvalue weighted by atomic mass is 16.2. The predicted octanol–water partition coefficient (Wildman–Crippen LogP) is 0.669. The van der Waals surface area contributed by atoms with Gasteiger partial charge in [0.15, 0.2) is 0 Å². The number of hydrogen-bond acceptors (Lipinski definition) is 6. The second kappa shape index (κ2) is 9.78. The van der Waals surface area contributed by atoms with Crippen molar-refractivity contribution < 1.29 is 14.4 Å². The Bertz CT molecular complexity index is 796. The number of nitrogens with one attached hydrogen (secondary N) is 1. The van der Waals surface area contributed by atoms with Gasteiger partial charge in [-0.3, -0.25) is 24.6 Å². The smallest absolute Gasteiger partial charge is 0.234 e. The molecule has 8 heteroatoms. The fraction of sp³-hybridized carbons (Fsp3) is 0.609. The van der Waals surface area contributed by atoms with E-state index in [1.54, 1.807) is 0 Å². The van der Waals surface area contributed by atoms with E-state index in [0.29, 0.717) is 19.3 Å². The topological polar surface area (TPSA) is 99.0 Å². The van der Waals surface area contributed by atoms with Crippen molar-refractivity contribution >= 4 is 23.4 Å². The van der Waals surface area contributed by atoms with Crippen LogP contribution in [0.5, 0.6) is 0 Å². The highest BCUT2D eigenvalue weighted by Gasteiger charge is 2.28. The van der Waals surface area contributed by atoms with Crippen molar-refractivity contribution in [3.05, 3.63) is 29.8 Å². The second-order valence-electron chi connectivity index (χ2n) is 8.89. The Morgan fingerprint density at radius 1 is 0.968 bits per heavy atom. The maximum atomic E-state index is 12.4. The van der Waals surface area contributed by atoms with Crippen LogP contribution in [0.1, 0.15) is 43.6 Å². The molecule has 0 saturated carbocycles. The summed E-state index contributed by atoms with van der Waals surface area (Å²) in [7, 11) is 0. The van der Waals surface area contributed by atoms with Gasteiger partial charge in [-0.15, -0.1) is 0 Å². The molecule has 3 aliphatic heterocycles. The van der Waals surface area contributed by atoms with Crippen LogP contribution in [0.4, 0.5) is 5.69 Å². The fourth-order valence-corrected chi connectivity index (χ4v) is 4.72. The number of benzene rings is 1. The zero-order valence-electron chi connectivity index (χ0n) is 18.1. The average Bonchev–Trinajstić information content (AvgIpc) is 2.78. The Balaban J connectivity index is 1.22. The molecule has 0 bridgehead atoms. The third-order valence-electron chi connectivity index (χ3n) is 6.81. The monoisotopic (exact) mass is 427 g/mol. The number of carbonyl (C=O) groups is 3. The number of carbonyl (C=O) groups excluding carboxylic acids is 3. The summed E-state index contributed by atoms with van der Waals surface area (Å²) in [6.07, 6.45) is 3.37. The lowest BCUT2D eigenvalue weighted by molar-refractivity contribution is -0.134. The summed E-state index contributed by atoms with van der Waals surface area (Å²) in [5, 5.41) is 2.43. The molecule has 1 unspecified atom stereocenters. The molecule has 1 atom stereocenters. The molecule has 3 fully saturated rings. The molecule has 1 aromatic rings. The minimum absolute atomic E-state index is 0.183. The van der Waals surface area contributed by atoms with Crippen LogP contribution in [0.25, 0.3) is 0 Å². The molecule has 1 aromatic carbocycles. The van der Waals surface area contributed by atoms with Crippen molar-refractivity contribution in [2.24, 2.45) is 5.73 Å². The Hall–Kier alpha value is -2.45. The van der Waals surface area contributed by atoms with E-state index in [0.717, 1.165) is 69.9 Å². The van der Waals surface area contributed by atoms with Gasteiger partial charge in [-0.1, -0.05) is 12.1 Å². The van der Waals surface area contributed by atoms with E-state index in [1.165, 1.54) is 0 Å². The van der Waals surface area contributed by atoms with Gasteiger partial charge in [0.05, 0.1) is 5.92 Å². The van der Waals surface area contributed by atoms with Gasteiger partial charge < -0.3 is 15.5 Å². The fourth-order valence-electron chi connectivity index (χ4n) is 4.72. The van der Waals surface area contributed by atoms with Crippen LogP contribution >= 0.6 is 0 Å². The van der Waals surface area contributed by atoms with E-state index in [1.807, 2.05) is 17.0 Å².